The van der Waals surface area contributed by atoms with Crippen LogP contribution in [0.3, 0.4) is 0 Å². The van der Waals surface area contributed by atoms with E-state index in [2.05, 4.69) is 10.3 Å². The second kappa shape index (κ2) is 7.68. The number of benzene rings is 1. The second-order valence-corrected chi connectivity index (χ2v) is 6.91. The summed E-state index contributed by atoms with van der Waals surface area (Å²) >= 11 is 1.53. The van der Waals surface area contributed by atoms with Gasteiger partial charge in [0.2, 0.25) is 5.91 Å². The number of carbonyl (C=O) groups excluding carboxylic acids is 1. The van der Waals surface area contributed by atoms with Crippen molar-refractivity contribution in [3.05, 3.63) is 41.2 Å². The van der Waals surface area contributed by atoms with Gasteiger partial charge in [-0.3, -0.25) is 4.79 Å². The topological polar surface area (TPSA) is 42.0 Å². The van der Waals surface area contributed by atoms with Crippen LogP contribution in [0.1, 0.15) is 44.2 Å². The van der Waals surface area contributed by atoms with Gasteiger partial charge in [0.1, 0.15) is 10.8 Å². The number of hydrogen-bond donors (Lipinski definition) is 1. The summed E-state index contributed by atoms with van der Waals surface area (Å²) in [5.74, 6) is -0.127. The number of nitrogens with zero attached hydrogens (tertiary/aromatic N) is 1. The predicted molar refractivity (Wildman–Crippen MR) is 90.8 cm³/mol. The molecule has 5 heteroatoms. The van der Waals surface area contributed by atoms with E-state index in [1.54, 1.807) is 12.1 Å². The third kappa shape index (κ3) is 4.61. The van der Waals surface area contributed by atoms with E-state index in [4.69, 9.17) is 0 Å². The first kappa shape index (κ1) is 16.1. The lowest BCUT2D eigenvalue weighted by Crippen LogP contribution is -2.36. The van der Waals surface area contributed by atoms with E-state index in [0.29, 0.717) is 18.9 Å². The zero-order valence-electron chi connectivity index (χ0n) is 13.1. The Morgan fingerprint density at radius 1 is 1.22 bits per heavy atom. The molecule has 1 aliphatic rings. The van der Waals surface area contributed by atoms with Gasteiger partial charge in [0, 0.05) is 23.4 Å². The molecule has 1 aromatic heterocycles. The van der Waals surface area contributed by atoms with E-state index in [1.165, 1.54) is 42.7 Å². The third-order valence-electron chi connectivity index (χ3n) is 4.22. The molecule has 0 aliphatic heterocycles. The summed E-state index contributed by atoms with van der Waals surface area (Å²) in [6, 6.07) is 6.70. The third-order valence-corrected chi connectivity index (χ3v) is 5.16. The van der Waals surface area contributed by atoms with Gasteiger partial charge in [-0.2, -0.15) is 0 Å². The van der Waals surface area contributed by atoms with Crippen molar-refractivity contribution in [1.29, 1.82) is 0 Å². The molecule has 3 nitrogen and oxygen atoms in total. The lowest BCUT2D eigenvalue weighted by molar-refractivity contribution is -0.122. The van der Waals surface area contributed by atoms with Crippen LogP contribution in [0, 0.1) is 5.82 Å². The van der Waals surface area contributed by atoms with Crippen LogP contribution in [0.2, 0.25) is 0 Å². The van der Waals surface area contributed by atoms with Crippen LogP contribution in [0.5, 0.6) is 0 Å². The van der Waals surface area contributed by atoms with Crippen molar-refractivity contribution in [3.8, 4) is 10.6 Å². The lowest BCUT2D eigenvalue weighted by atomic mass is 9.95. The van der Waals surface area contributed by atoms with Crippen LogP contribution in [-0.4, -0.2) is 16.9 Å². The van der Waals surface area contributed by atoms with Gasteiger partial charge in [0.15, 0.2) is 0 Å². The average Bonchev–Trinajstić information content (AvgIpc) is 3.04. The van der Waals surface area contributed by atoms with E-state index < -0.39 is 0 Å². The molecule has 3 rings (SSSR count). The van der Waals surface area contributed by atoms with Gasteiger partial charge in [-0.1, -0.05) is 19.3 Å². The van der Waals surface area contributed by atoms with Crippen LogP contribution >= 0.6 is 11.3 Å². The number of carbonyl (C=O) groups is 1. The fourth-order valence-electron chi connectivity index (χ4n) is 2.94. The summed E-state index contributed by atoms with van der Waals surface area (Å²) in [5.41, 5.74) is 1.84. The molecular formula is C18H21FN2OS. The van der Waals surface area contributed by atoms with Crippen LogP contribution < -0.4 is 5.32 Å². The van der Waals surface area contributed by atoms with Crippen LogP contribution in [0.15, 0.2) is 29.6 Å². The summed E-state index contributed by atoms with van der Waals surface area (Å²) in [6.45, 7) is 0. The van der Waals surface area contributed by atoms with Crippen LogP contribution in [0.25, 0.3) is 10.6 Å². The standard InChI is InChI=1S/C18H21FN2OS/c19-14-8-6-13(7-9-14)18-21-16(12-23-18)10-11-17(22)20-15-4-2-1-3-5-15/h6-9,12,15H,1-5,10-11H2,(H,20,22). The normalized spacial score (nSPS) is 15.5. The summed E-state index contributed by atoms with van der Waals surface area (Å²) in [5, 5.41) is 5.98. The van der Waals surface area contributed by atoms with Gasteiger partial charge in [0.25, 0.3) is 0 Å². The monoisotopic (exact) mass is 332 g/mol. The van der Waals surface area contributed by atoms with E-state index in [9.17, 15) is 9.18 Å². The number of hydrogen-bond acceptors (Lipinski definition) is 3. The zero-order valence-corrected chi connectivity index (χ0v) is 13.9. The van der Waals surface area contributed by atoms with Crippen molar-refractivity contribution in [2.45, 2.75) is 51.0 Å². The molecule has 0 unspecified atom stereocenters. The molecule has 1 N–H and O–H groups in total. The van der Waals surface area contributed by atoms with Crippen molar-refractivity contribution in [2.75, 3.05) is 0 Å². The first-order chi connectivity index (χ1) is 11.2. The maximum Gasteiger partial charge on any atom is 0.220 e. The summed E-state index contributed by atoms with van der Waals surface area (Å²) in [6.07, 6.45) is 7.07. The molecule has 1 amide bonds. The highest BCUT2D eigenvalue weighted by Crippen LogP contribution is 2.24. The van der Waals surface area contributed by atoms with Gasteiger partial charge >= 0.3 is 0 Å². The molecule has 1 aliphatic carbocycles. The molecule has 1 saturated carbocycles. The van der Waals surface area contributed by atoms with Crippen molar-refractivity contribution in [1.82, 2.24) is 10.3 Å². The Morgan fingerprint density at radius 3 is 2.70 bits per heavy atom. The molecule has 122 valence electrons. The maximum atomic E-state index is 12.9. The van der Waals surface area contributed by atoms with E-state index in [1.807, 2.05) is 5.38 Å². The van der Waals surface area contributed by atoms with Gasteiger partial charge in [-0.15, -0.1) is 11.3 Å². The molecule has 1 aromatic carbocycles. The highest BCUT2D eigenvalue weighted by atomic mass is 32.1. The molecule has 0 spiro atoms. The molecule has 0 radical (unpaired) electrons. The Hall–Kier alpha value is -1.75. The zero-order chi connectivity index (χ0) is 16.1. The van der Waals surface area contributed by atoms with Crippen molar-refractivity contribution >= 4 is 17.2 Å². The summed E-state index contributed by atoms with van der Waals surface area (Å²) in [7, 11) is 0. The van der Waals surface area contributed by atoms with Crippen molar-refractivity contribution < 1.29 is 9.18 Å². The quantitative estimate of drug-likeness (QED) is 0.885. The minimum atomic E-state index is -0.245. The fraction of sp³-hybridized carbons (Fsp3) is 0.444. The second-order valence-electron chi connectivity index (χ2n) is 6.05. The number of rotatable bonds is 5. The molecule has 0 saturated heterocycles. The Kier molecular flexibility index (Phi) is 5.39. The van der Waals surface area contributed by atoms with Gasteiger partial charge in [-0.25, -0.2) is 9.37 Å². The van der Waals surface area contributed by atoms with Crippen LogP contribution in [-0.2, 0) is 11.2 Å². The van der Waals surface area contributed by atoms with Crippen molar-refractivity contribution in [3.63, 3.8) is 0 Å². The number of nitrogens with one attached hydrogen (secondary N) is 1. The number of amides is 1. The average molecular weight is 332 g/mol. The maximum absolute atomic E-state index is 12.9. The number of aryl methyl sites for hydroxylation is 1. The lowest BCUT2D eigenvalue weighted by Gasteiger charge is -2.22. The Morgan fingerprint density at radius 2 is 1.96 bits per heavy atom. The molecule has 2 aromatic rings. The molecule has 1 fully saturated rings. The van der Waals surface area contributed by atoms with Gasteiger partial charge in [-0.05, 0) is 43.5 Å². The molecule has 0 bridgehead atoms. The summed E-state index contributed by atoms with van der Waals surface area (Å²) < 4.78 is 12.9. The molecule has 1 heterocycles. The van der Waals surface area contributed by atoms with E-state index in [0.717, 1.165) is 29.1 Å². The number of aromatic nitrogens is 1. The SMILES string of the molecule is O=C(CCc1csc(-c2ccc(F)cc2)n1)NC1CCCCC1. The predicted octanol–water partition coefficient (Wildman–Crippen LogP) is 4.33. The highest BCUT2D eigenvalue weighted by Gasteiger charge is 2.15. The largest absolute Gasteiger partial charge is 0.353 e. The van der Waals surface area contributed by atoms with E-state index in [-0.39, 0.29) is 11.7 Å². The van der Waals surface area contributed by atoms with E-state index >= 15 is 0 Å². The van der Waals surface area contributed by atoms with Gasteiger partial charge in [0.05, 0.1) is 5.69 Å². The van der Waals surface area contributed by atoms with Crippen LogP contribution in [0.4, 0.5) is 4.39 Å². The minimum Gasteiger partial charge on any atom is -0.353 e. The Labute approximate surface area is 140 Å². The van der Waals surface area contributed by atoms with Crippen molar-refractivity contribution in [2.24, 2.45) is 0 Å². The smallest absolute Gasteiger partial charge is 0.220 e. The number of thiazole rings is 1. The first-order valence-electron chi connectivity index (χ1n) is 8.20. The minimum absolute atomic E-state index is 0.119. The summed E-state index contributed by atoms with van der Waals surface area (Å²) in [4.78, 5) is 16.6. The van der Waals surface area contributed by atoms with Gasteiger partial charge < -0.3 is 5.32 Å². The first-order valence-corrected chi connectivity index (χ1v) is 9.08. The Balaban J connectivity index is 1.50. The fourth-order valence-corrected chi connectivity index (χ4v) is 3.80. The molecular weight excluding hydrogens is 311 g/mol. The number of halogens is 1. The molecule has 0 atom stereocenters. The highest BCUT2D eigenvalue weighted by molar-refractivity contribution is 7.13. The Bertz CT molecular complexity index is 647. The molecule has 23 heavy (non-hydrogen) atoms.